The fourth-order valence-corrected chi connectivity index (χ4v) is 4.02. The Kier molecular flexibility index (Phi) is 4.71. The van der Waals surface area contributed by atoms with E-state index in [0.717, 1.165) is 47.4 Å². The van der Waals surface area contributed by atoms with E-state index in [9.17, 15) is 9.18 Å². The maximum atomic E-state index is 13.2. The molecule has 0 aliphatic carbocycles. The molecule has 5 rings (SSSR count). The highest BCUT2D eigenvalue weighted by atomic mass is 19.1. The zero-order valence-corrected chi connectivity index (χ0v) is 16.4. The molecule has 6 nitrogen and oxygen atoms in total. The first-order chi connectivity index (χ1) is 14.7. The molecule has 0 radical (unpaired) electrons. The van der Waals surface area contributed by atoms with Crippen molar-refractivity contribution < 1.29 is 9.18 Å². The number of fused-ring (bicyclic) bond motifs is 1. The number of hydrogen-bond donors (Lipinski definition) is 3. The summed E-state index contributed by atoms with van der Waals surface area (Å²) in [5, 5.41) is 11.7. The summed E-state index contributed by atoms with van der Waals surface area (Å²) < 4.78 is 13.2. The lowest BCUT2D eigenvalue weighted by Gasteiger charge is -2.33. The number of anilines is 1. The first kappa shape index (κ1) is 18.4. The van der Waals surface area contributed by atoms with Crippen LogP contribution in [0.4, 0.5) is 10.2 Å². The highest BCUT2D eigenvalue weighted by Crippen LogP contribution is 2.24. The van der Waals surface area contributed by atoms with E-state index in [-0.39, 0.29) is 17.8 Å². The molecule has 1 fully saturated rings. The number of rotatable bonds is 4. The number of nitrogens with zero attached hydrogens (tertiary/aromatic N) is 2. The van der Waals surface area contributed by atoms with Gasteiger partial charge in [0.05, 0.1) is 5.69 Å². The van der Waals surface area contributed by atoms with Crippen LogP contribution in [0.25, 0.3) is 22.2 Å². The number of benzene rings is 2. The van der Waals surface area contributed by atoms with Crippen molar-refractivity contribution in [3.63, 3.8) is 0 Å². The highest BCUT2D eigenvalue weighted by Gasteiger charge is 2.24. The summed E-state index contributed by atoms with van der Waals surface area (Å²) in [6.45, 7) is 1.58. The molecular weight excluding hydrogens is 381 g/mol. The van der Waals surface area contributed by atoms with Gasteiger partial charge in [0.15, 0.2) is 5.82 Å². The molecular formula is C23H22FN5O. The maximum Gasteiger partial charge on any atom is 0.251 e. The normalized spacial score (nSPS) is 16.7. The standard InChI is InChI=1S/C23H22FN5O/c24-18-6-3-15(4-7-18)21-13-22(28-27-21)29-11-1-2-19(14-29)26-23(30)17-5-8-20-16(12-17)9-10-25-20/h3-10,12-13,19,25H,1-2,11,14H2,(H,26,30)(H,27,28). The van der Waals surface area contributed by atoms with E-state index >= 15 is 0 Å². The predicted octanol–water partition coefficient (Wildman–Crippen LogP) is 4.10. The molecule has 4 aromatic rings. The van der Waals surface area contributed by atoms with Gasteiger partial charge in [0, 0.05) is 47.9 Å². The third-order valence-electron chi connectivity index (χ3n) is 5.62. The third-order valence-corrected chi connectivity index (χ3v) is 5.62. The van der Waals surface area contributed by atoms with E-state index in [1.54, 1.807) is 12.1 Å². The van der Waals surface area contributed by atoms with E-state index in [2.05, 4.69) is 25.4 Å². The molecule has 152 valence electrons. The number of aromatic amines is 2. The van der Waals surface area contributed by atoms with Gasteiger partial charge in [-0.05, 0) is 66.9 Å². The van der Waals surface area contributed by atoms with Crippen LogP contribution in [0.3, 0.4) is 0 Å². The Hall–Kier alpha value is -3.61. The molecule has 1 amide bonds. The quantitative estimate of drug-likeness (QED) is 0.480. The second-order valence-corrected chi connectivity index (χ2v) is 7.69. The Balaban J connectivity index is 1.26. The van der Waals surface area contributed by atoms with Gasteiger partial charge in [-0.15, -0.1) is 0 Å². The summed E-state index contributed by atoms with van der Waals surface area (Å²) in [5.41, 5.74) is 3.41. The third kappa shape index (κ3) is 3.66. The van der Waals surface area contributed by atoms with Crippen molar-refractivity contribution >= 4 is 22.6 Å². The van der Waals surface area contributed by atoms with Crippen LogP contribution in [0.1, 0.15) is 23.2 Å². The van der Waals surface area contributed by atoms with Gasteiger partial charge in [0.1, 0.15) is 5.82 Å². The lowest BCUT2D eigenvalue weighted by molar-refractivity contribution is 0.0933. The summed E-state index contributed by atoms with van der Waals surface area (Å²) in [7, 11) is 0. The predicted molar refractivity (Wildman–Crippen MR) is 115 cm³/mol. The lowest BCUT2D eigenvalue weighted by Crippen LogP contribution is -2.48. The number of hydrogen-bond acceptors (Lipinski definition) is 3. The Morgan fingerprint density at radius 1 is 1.13 bits per heavy atom. The average Bonchev–Trinajstić information content (AvgIpc) is 3.44. The van der Waals surface area contributed by atoms with Crippen molar-refractivity contribution in [1.29, 1.82) is 0 Å². The summed E-state index contributed by atoms with van der Waals surface area (Å²) in [4.78, 5) is 18.1. The van der Waals surface area contributed by atoms with Gasteiger partial charge in [0.2, 0.25) is 0 Å². The molecule has 7 heteroatoms. The topological polar surface area (TPSA) is 76.8 Å². The van der Waals surface area contributed by atoms with Gasteiger partial charge >= 0.3 is 0 Å². The Bertz CT molecular complexity index is 1180. The summed E-state index contributed by atoms with van der Waals surface area (Å²) in [5.74, 6) is 0.518. The van der Waals surface area contributed by atoms with Gasteiger partial charge in [-0.2, -0.15) is 5.10 Å². The molecule has 0 bridgehead atoms. The Morgan fingerprint density at radius 2 is 2.00 bits per heavy atom. The smallest absolute Gasteiger partial charge is 0.251 e. The molecule has 2 aromatic heterocycles. The van der Waals surface area contributed by atoms with E-state index in [0.29, 0.717) is 12.1 Å². The first-order valence-corrected chi connectivity index (χ1v) is 10.1. The van der Waals surface area contributed by atoms with Crippen LogP contribution in [-0.4, -0.2) is 40.2 Å². The van der Waals surface area contributed by atoms with Crippen molar-refractivity contribution in [2.75, 3.05) is 18.0 Å². The number of carbonyl (C=O) groups is 1. The number of halogens is 1. The average molecular weight is 403 g/mol. The van der Waals surface area contributed by atoms with Crippen molar-refractivity contribution in [3.8, 4) is 11.3 Å². The molecule has 2 aromatic carbocycles. The van der Waals surface area contributed by atoms with E-state index in [1.165, 1.54) is 12.1 Å². The monoisotopic (exact) mass is 403 g/mol. The van der Waals surface area contributed by atoms with Crippen LogP contribution in [0.5, 0.6) is 0 Å². The van der Waals surface area contributed by atoms with Gasteiger partial charge in [-0.3, -0.25) is 9.89 Å². The first-order valence-electron chi connectivity index (χ1n) is 10.1. The second-order valence-electron chi connectivity index (χ2n) is 7.69. The minimum absolute atomic E-state index is 0.0548. The second kappa shape index (κ2) is 7.67. The SMILES string of the molecule is O=C(NC1CCCN(c2cc(-c3ccc(F)cc3)[nH]n2)C1)c1ccc2[nH]ccc2c1. The molecule has 30 heavy (non-hydrogen) atoms. The van der Waals surface area contributed by atoms with Gasteiger partial charge in [-0.1, -0.05) is 0 Å². The minimum Gasteiger partial charge on any atom is -0.361 e. The summed E-state index contributed by atoms with van der Waals surface area (Å²) in [6.07, 6.45) is 3.78. The van der Waals surface area contributed by atoms with E-state index in [1.807, 2.05) is 36.5 Å². The van der Waals surface area contributed by atoms with Crippen molar-refractivity contribution in [1.82, 2.24) is 20.5 Å². The molecule has 1 saturated heterocycles. The Labute approximate surface area is 173 Å². The van der Waals surface area contributed by atoms with Crippen LogP contribution in [0, 0.1) is 5.82 Å². The number of carbonyl (C=O) groups excluding carboxylic acids is 1. The van der Waals surface area contributed by atoms with Gasteiger partial charge < -0.3 is 15.2 Å². The number of piperidine rings is 1. The zero-order valence-electron chi connectivity index (χ0n) is 16.4. The van der Waals surface area contributed by atoms with Crippen LogP contribution >= 0.6 is 0 Å². The molecule has 1 unspecified atom stereocenters. The van der Waals surface area contributed by atoms with Gasteiger partial charge in [-0.25, -0.2) is 4.39 Å². The number of nitrogens with one attached hydrogen (secondary N) is 3. The number of amides is 1. The molecule has 0 spiro atoms. The molecule has 1 aliphatic heterocycles. The minimum atomic E-state index is -0.260. The van der Waals surface area contributed by atoms with Crippen molar-refractivity contribution in [3.05, 3.63) is 72.2 Å². The molecule has 1 aliphatic rings. The zero-order chi connectivity index (χ0) is 20.5. The van der Waals surface area contributed by atoms with Crippen LogP contribution < -0.4 is 10.2 Å². The molecule has 1 atom stereocenters. The van der Waals surface area contributed by atoms with Crippen molar-refractivity contribution in [2.45, 2.75) is 18.9 Å². The van der Waals surface area contributed by atoms with Crippen molar-refractivity contribution in [2.24, 2.45) is 0 Å². The fraction of sp³-hybridized carbons (Fsp3) is 0.217. The maximum absolute atomic E-state index is 13.2. The Morgan fingerprint density at radius 3 is 2.87 bits per heavy atom. The summed E-state index contributed by atoms with van der Waals surface area (Å²) >= 11 is 0. The van der Waals surface area contributed by atoms with E-state index < -0.39 is 0 Å². The van der Waals surface area contributed by atoms with Crippen LogP contribution in [0.15, 0.2) is 60.8 Å². The molecule has 3 N–H and O–H groups in total. The van der Waals surface area contributed by atoms with Crippen LogP contribution in [0.2, 0.25) is 0 Å². The number of aromatic nitrogens is 3. The largest absolute Gasteiger partial charge is 0.361 e. The van der Waals surface area contributed by atoms with Gasteiger partial charge in [0.25, 0.3) is 5.91 Å². The van der Waals surface area contributed by atoms with Crippen LogP contribution in [-0.2, 0) is 0 Å². The molecule has 3 heterocycles. The molecule has 0 saturated carbocycles. The van der Waals surface area contributed by atoms with E-state index in [4.69, 9.17) is 0 Å². The fourth-order valence-electron chi connectivity index (χ4n) is 4.02. The highest BCUT2D eigenvalue weighted by molar-refractivity contribution is 5.98. The lowest BCUT2D eigenvalue weighted by atomic mass is 10.0. The summed E-state index contributed by atoms with van der Waals surface area (Å²) in [6, 6.07) is 16.0. The number of H-pyrrole nitrogens is 2.